The van der Waals surface area contributed by atoms with Gasteiger partial charge in [-0.15, -0.1) is 0 Å². The first-order valence-electron chi connectivity index (χ1n) is 5.27. The van der Waals surface area contributed by atoms with Crippen molar-refractivity contribution < 1.29 is 4.42 Å². The Morgan fingerprint density at radius 3 is 2.76 bits per heavy atom. The SMILES string of the molecule is O=c1ccc2cc(-c3cccnc3)ccc2o1. The van der Waals surface area contributed by atoms with Crippen LogP contribution in [0, 0.1) is 0 Å². The van der Waals surface area contributed by atoms with Crippen LogP contribution in [0.25, 0.3) is 22.1 Å². The Morgan fingerprint density at radius 1 is 1.00 bits per heavy atom. The van der Waals surface area contributed by atoms with Gasteiger partial charge in [0, 0.05) is 29.4 Å². The average Bonchev–Trinajstić information content (AvgIpc) is 2.39. The first kappa shape index (κ1) is 9.78. The van der Waals surface area contributed by atoms with Gasteiger partial charge in [0.2, 0.25) is 0 Å². The predicted octanol–water partition coefficient (Wildman–Crippen LogP) is 2.86. The Labute approximate surface area is 97.4 Å². The Morgan fingerprint density at radius 2 is 1.94 bits per heavy atom. The number of fused-ring (bicyclic) bond motifs is 1. The highest BCUT2D eigenvalue weighted by Crippen LogP contribution is 2.22. The van der Waals surface area contributed by atoms with Gasteiger partial charge in [0.05, 0.1) is 0 Å². The Bertz CT molecular complexity index is 717. The third kappa shape index (κ3) is 1.83. The van der Waals surface area contributed by atoms with Crippen molar-refractivity contribution in [3.8, 4) is 11.1 Å². The number of rotatable bonds is 1. The van der Waals surface area contributed by atoms with Crippen LogP contribution in [0.4, 0.5) is 0 Å². The summed E-state index contributed by atoms with van der Waals surface area (Å²) in [7, 11) is 0. The monoisotopic (exact) mass is 223 g/mol. The van der Waals surface area contributed by atoms with Crippen molar-refractivity contribution in [1.29, 1.82) is 0 Å². The normalized spacial score (nSPS) is 10.6. The van der Waals surface area contributed by atoms with E-state index in [2.05, 4.69) is 4.98 Å². The summed E-state index contributed by atoms with van der Waals surface area (Å²) in [6, 6.07) is 12.8. The summed E-state index contributed by atoms with van der Waals surface area (Å²) in [6.07, 6.45) is 3.55. The van der Waals surface area contributed by atoms with Crippen molar-refractivity contribution >= 4 is 11.0 Å². The van der Waals surface area contributed by atoms with E-state index in [9.17, 15) is 4.79 Å². The molecule has 0 N–H and O–H groups in total. The maximum Gasteiger partial charge on any atom is 0.336 e. The molecule has 3 nitrogen and oxygen atoms in total. The molecule has 3 rings (SSSR count). The lowest BCUT2D eigenvalue weighted by Gasteiger charge is -2.02. The number of nitrogens with zero attached hydrogens (tertiary/aromatic N) is 1. The minimum Gasteiger partial charge on any atom is -0.423 e. The van der Waals surface area contributed by atoms with Crippen LogP contribution in [0.1, 0.15) is 0 Å². The van der Waals surface area contributed by atoms with Crippen molar-refractivity contribution in [2.75, 3.05) is 0 Å². The lowest BCUT2D eigenvalue weighted by Crippen LogP contribution is -1.94. The van der Waals surface area contributed by atoms with Crippen LogP contribution in [-0.2, 0) is 0 Å². The van der Waals surface area contributed by atoms with Crippen LogP contribution in [0.3, 0.4) is 0 Å². The maximum atomic E-state index is 11.1. The van der Waals surface area contributed by atoms with Gasteiger partial charge in [-0.05, 0) is 29.8 Å². The first-order valence-corrected chi connectivity index (χ1v) is 5.27. The fourth-order valence-electron chi connectivity index (χ4n) is 1.78. The molecule has 0 saturated heterocycles. The van der Waals surface area contributed by atoms with Crippen LogP contribution in [0.15, 0.2) is 64.1 Å². The van der Waals surface area contributed by atoms with E-state index in [-0.39, 0.29) is 5.63 Å². The second-order valence-electron chi connectivity index (χ2n) is 3.75. The molecule has 0 spiro atoms. The van der Waals surface area contributed by atoms with Gasteiger partial charge in [-0.2, -0.15) is 0 Å². The van der Waals surface area contributed by atoms with Gasteiger partial charge in [-0.25, -0.2) is 4.79 Å². The highest BCUT2D eigenvalue weighted by Gasteiger charge is 2.01. The average molecular weight is 223 g/mol. The molecule has 0 aliphatic heterocycles. The number of hydrogen-bond acceptors (Lipinski definition) is 3. The zero-order chi connectivity index (χ0) is 11.7. The lowest BCUT2D eigenvalue weighted by atomic mass is 10.1. The summed E-state index contributed by atoms with van der Waals surface area (Å²) in [5.41, 5.74) is 2.37. The molecular formula is C14H9NO2. The topological polar surface area (TPSA) is 43.1 Å². The third-order valence-electron chi connectivity index (χ3n) is 2.61. The van der Waals surface area contributed by atoms with Crippen LogP contribution in [0.2, 0.25) is 0 Å². The van der Waals surface area contributed by atoms with Crippen LogP contribution < -0.4 is 5.63 Å². The molecule has 2 heterocycles. The van der Waals surface area contributed by atoms with Crippen molar-refractivity contribution in [3.63, 3.8) is 0 Å². The summed E-state index contributed by atoms with van der Waals surface area (Å²) >= 11 is 0. The molecule has 2 aromatic heterocycles. The summed E-state index contributed by atoms with van der Waals surface area (Å²) in [5.74, 6) is 0. The molecule has 82 valence electrons. The standard InChI is InChI=1S/C14H9NO2/c16-14-6-4-11-8-10(3-5-13(11)17-14)12-2-1-7-15-9-12/h1-9H. The van der Waals surface area contributed by atoms with E-state index in [1.165, 1.54) is 6.07 Å². The Hall–Kier alpha value is -2.42. The van der Waals surface area contributed by atoms with E-state index in [0.717, 1.165) is 16.5 Å². The third-order valence-corrected chi connectivity index (χ3v) is 2.61. The predicted molar refractivity (Wildman–Crippen MR) is 65.7 cm³/mol. The fraction of sp³-hybridized carbons (Fsp3) is 0. The van der Waals surface area contributed by atoms with Crippen molar-refractivity contribution in [2.45, 2.75) is 0 Å². The van der Waals surface area contributed by atoms with Gasteiger partial charge in [0.25, 0.3) is 0 Å². The van der Waals surface area contributed by atoms with Gasteiger partial charge in [0.1, 0.15) is 5.58 Å². The molecule has 0 fully saturated rings. The molecule has 0 aliphatic rings. The van der Waals surface area contributed by atoms with Crippen molar-refractivity contribution in [1.82, 2.24) is 4.98 Å². The van der Waals surface area contributed by atoms with Crippen LogP contribution >= 0.6 is 0 Å². The van der Waals surface area contributed by atoms with Gasteiger partial charge < -0.3 is 4.42 Å². The van der Waals surface area contributed by atoms with Crippen LogP contribution in [0.5, 0.6) is 0 Å². The Balaban J connectivity index is 2.21. The molecule has 17 heavy (non-hydrogen) atoms. The zero-order valence-electron chi connectivity index (χ0n) is 8.96. The fourth-order valence-corrected chi connectivity index (χ4v) is 1.78. The van der Waals surface area contributed by atoms with E-state index in [1.54, 1.807) is 24.5 Å². The second-order valence-corrected chi connectivity index (χ2v) is 3.75. The van der Waals surface area contributed by atoms with E-state index in [0.29, 0.717) is 5.58 Å². The molecule has 0 saturated carbocycles. The van der Waals surface area contributed by atoms with Gasteiger partial charge in [0.15, 0.2) is 0 Å². The Kier molecular flexibility index (Phi) is 2.22. The first-order chi connectivity index (χ1) is 8.33. The van der Waals surface area contributed by atoms with Crippen molar-refractivity contribution in [2.24, 2.45) is 0 Å². The molecule has 0 bridgehead atoms. The minimum atomic E-state index is -0.327. The van der Waals surface area contributed by atoms with Gasteiger partial charge >= 0.3 is 5.63 Å². The maximum absolute atomic E-state index is 11.1. The van der Waals surface area contributed by atoms with Gasteiger partial charge in [-0.1, -0.05) is 12.1 Å². The summed E-state index contributed by atoms with van der Waals surface area (Å²) in [5, 5.41) is 0.908. The molecule has 3 aromatic rings. The molecule has 0 radical (unpaired) electrons. The molecule has 0 unspecified atom stereocenters. The highest BCUT2D eigenvalue weighted by atomic mass is 16.4. The minimum absolute atomic E-state index is 0.327. The summed E-state index contributed by atoms with van der Waals surface area (Å²) in [4.78, 5) is 15.1. The van der Waals surface area contributed by atoms with E-state index < -0.39 is 0 Å². The number of benzene rings is 1. The molecule has 0 atom stereocenters. The molecule has 0 aliphatic carbocycles. The summed E-state index contributed by atoms with van der Waals surface area (Å²) < 4.78 is 5.08. The van der Waals surface area contributed by atoms with E-state index in [4.69, 9.17) is 4.42 Å². The highest BCUT2D eigenvalue weighted by molar-refractivity contribution is 5.82. The second kappa shape index (κ2) is 3.87. The molecule has 1 aromatic carbocycles. The zero-order valence-corrected chi connectivity index (χ0v) is 8.96. The number of aromatic nitrogens is 1. The van der Waals surface area contributed by atoms with Gasteiger partial charge in [-0.3, -0.25) is 4.98 Å². The summed E-state index contributed by atoms with van der Waals surface area (Å²) in [6.45, 7) is 0. The molecule has 3 heteroatoms. The largest absolute Gasteiger partial charge is 0.423 e. The van der Waals surface area contributed by atoms with E-state index >= 15 is 0 Å². The number of pyridine rings is 1. The van der Waals surface area contributed by atoms with Crippen molar-refractivity contribution in [3.05, 3.63) is 65.3 Å². The van der Waals surface area contributed by atoms with E-state index in [1.807, 2.05) is 24.3 Å². The van der Waals surface area contributed by atoms with Crippen LogP contribution in [-0.4, -0.2) is 4.98 Å². The molecular weight excluding hydrogens is 214 g/mol. The smallest absolute Gasteiger partial charge is 0.336 e. The lowest BCUT2D eigenvalue weighted by molar-refractivity contribution is 0.561. The molecule has 0 amide bonds. The number of hydrogen-bond donors (Lipinski definition) is 0. The quantitative estimate of drug-likeness (QED) is 0.596.